The van der Waals surface area contributed by atoms with Crippen LogP contribution in [0.4, 0.5) is 28.2 Å². The zero-order valence-corrected chi connectivity index (χ0v) is 36.7. The summed E-state index contributed by atoms with van der Waals surface area (Å²) in [6, 6.07) is 20.7. The van der Waals surface area contributed by atoms with Crippen LogP contribution in [0.1, 0.15) is 76.7 Å². The molecule has 5 amide bonds. The van der Waals surface area contributed by atoms with Gasteiger partial charge in [-0.05, 0) is 81.8 Å². The number of nitrogens with one attached hydrogen (secondary N) is 2. The molecule has 2 fully saturated rings. The van der Waals surface area contributed by atoms with Crippen LogP contribution in [-0.4, -0.2) is 100 Å². The summed E-state index contributed by atoms with van der Waals surface area (Å²) in [4.78, 5) is 71.6. The van der Waals surface area contributed by atoms with Gasteiger partial charge in [0.05, 0.1) is 34.8 Å². The Bertz CT molecular complexity index is 2950. The Morgan fingerprint density at radius 2 is 1.64 bits per heavy atom. The third kappa shape index (κ3) is 7.68. The zero-order valence-electron chi connectivity index (χ0n) is 35.9. The molecule has 2 saturated heterocycles. The predicted octanol–water partition coefficient (Wildman–Crippen LogP) is 5.77. The standard InChI is InChI=1S/C34H33F4N5O7S.C11H10N2O2/c1-20-5-8-23(9-6-20)51(48,49)43-22(18-26-27(43)11-12-28(39-26)42(31(46)47)32(2,3)4)19-41-29(44)24-17-21(35)7-10-25(24)33(41)13-14-40(30(33)45)15-16-50-34(36,37)38;14-9-7-3-1-2-4-8(7)11(13-9)5-6-12-10(11)15/h5-12,17-18H,13-16,19H2,1-4H3,(H,46,47);1-4H,5-6H2,(H,12,15)(H,13,14)/t33-;/m0./s1. The highest BCUT2D eigenvalue weighted by molar-refractivity contribution is 7.90. The third-order valence-electron chi connectivity index (χ3n) is 12.1. The fraction of sp³-hybridized carbons (Fsp3) is 0.333. The molecule has 0 saturated carbocycles. The first-order chi connectivity index (χ1) is 31.0. The monoisotopic (exact) mass is 933 g/mol. The number of nitrogens with zero attached hydrogens (tertiary/aromatic N) is 5. The molecule has 6 heterocycles. The van der Waals surface area contributed by atoms with Gasteiger partial charge >= 0.3 is 12.5 Å². The first kappa shape index (κ1) is 45.7. The number of anilines is 1. The minimum absolute atomic E-state index is 0.00165. The summed E-state index contributed by atoms with van der Waals surface area (Å²) >= 11 is 0. The number of carbonyl (C=O) groups is 5. The van der Waals surface area contributed by atoms with Crippen LogP contribution in [0.3, 0.4) is 0 Å². The summed E-state index contributed by atoms with van der Waals surface area (Å²) in [7, 11) is -4.44. The Balaban J connectivity index is 0.000000330. The number of likely N-dealkylation sites (tertiary alicyclic amines) is 1. The van der Waals surface area contributed by atoms with E-state index >= 15 is 0 Å². The normalized spacial score (nSPS) is 20.2. The molecule has 4 aliphatic rings. The number of halogens is 4. The maximum Gasteiger partial charge on any atom is 0.522 e. The summed E-state index contributed by atoms with van der Waals surface area (Å²) in [6.07, 6.45) is -5.69. The Hall–Kier alpha value is -6.87. The number of alkyl halides is 3. The van der Waals surface area contributed by atoms with Crippen molar-refractivity contribution in [1.29, 1.82) is 0 Å². The van der Waals surface area contributed by atoms with Crippen LogP contribution < -0.4 is 15.5 Å². The van der Waals surface area contributed by atoms with Crippen LogP contribution in [0.5, 0.6) is 0 Å². The molecule has 0 aliphatic carbocycles. The van der Waals surface area contributed by atoms with E-state index in [1.807, 2.05) is 18.2 Å². The third-order valence-corrected chi connectivity index (χ3v) is 13.9. The molecule has 66 heavy (non-hydrogen) atoms. The van der Waals surface area contributed by atoms with E-state index < -0.39 is 76.4 Å². The van der Waals surface area contributed by atoms with Crippen molar-refractivity contribution in [3.63, 3.8) is 0 Å². The zero-order chi connectivity index (χ0) is 47.7. The molecule has 9 rings (SSSR count). The number of carbonyl (C=O) groups excluding carboxylic acids is 4. The largest absolute Gasteiger partial charge is 0.522 e. The van der Waals surface area contributed by atoms with Gasteiger partial charge in [0.15, 0.2) is 0 Å². The number of amides is 5. The second-order valence-corrected chi connectivity index (χ2v) is 19.1. The van der Waals surface area contributed by atoms with Crippen molar-refractivity contribution < 1.29 is 59.8 Å². The van der Waals surface area contributed by atoms with E-state index in [-0.39, 0.29) is 63.3 Å². The average molecular weight is 934 g/mol. The number of carboxylic acid groups (broad SMARTS) is 1. The van der Waals surface area contributed by atoms with E-state index in [2.05, 4.69) is 20.4 Å². The van der Waals surface area contributed by atoms with E-state index in [0.29, 0.717) is 18.5 Å². The number of pyridine rings is 1. The van der Waals surface area contributed by atoms with Crippen LogP contribution in [0.2, 0.25) is 0 Å². The minimum atomic E-state index is -4.93. The van der Waals surface area contributed by atoms with Gasteiger partial charge in [0.1, 0.15) is 22.7 Å². The van der Waals surface area contributed by atoms with E-state index in [9.17, 15) is 55.1 Å². The number of aromatic nitrogens is 2. The van der Waals surface area contributed by atoms with Gasteiger partial charge in [-0.3, -0.25) is 28.8 Å². The number of benzene rings is 3. The first-order valence-electron chi connectivity index (χ1n) is 20.7. The average Bonchev–Trinajstić information content (AvgIpc) is 4.01. The number of ether oxygens (including phenoxy) is 1. The van der Waals surface area contributed by atoms with Crippen LogP contribution in [0.15, 0.2) is 89.8 Å². The molecular weight excluding hydrogens is 891 g/mol. The molecule has 2 spiro atoms. The second kappa shape index (κ2) is 16.2. The van der Waals surface area contributed by atoms with E-state index in [1.165, 1.54) is 36.4 Å². The number of hydrogen-bond acceptors (Lipinski definition) is 9. The van der Waals surface area contributed by atoms with Gasteiger partial charge < -0.3 is 25.5 Å². The van der Waals surface area contributed by atoms with Crippen molar-refractivity contribution in [3.05, 3.63) is 124 Å². The summed E-state index contributed by atoms with van der Waals surface area (Å²) in [5.74, 6) is -2.55. The quantitative estimate of drug-likeness (QED) is 0.161. The van der Waals surface area contributed by atoms with Crippen molar-refractivity contribution in [2.45, 2.75) is 75.0 Å². The van der Waals surface area contributed by atoms with Crippen LogP contribution in [0.25, 0.3) is 11.0 Å². The Morgan fingerprint density at radius 3 is 2.29 bits per heavy atom. The summed E-state index contributed by atoms with van der Waals surface area (Å²) in [5, 5.41) is 15.5. The van der Waals surface area contributed by atoms with Crippen LogP contribution >= 0.6 is 0 Å². The second-order valence-electron chi connectivity index (χ2n) is 17.3. The molecule has 346 valence electrons. The van der Waals surface area contributed by atoms with Gasteiger partial charge in [-0.15, -0.1) is 13.2 Å². The molecule has 21 heteroatoms. The van der Waals surface area contributed by atoms with E-state index in [0.717, 1.165) is 41.9 Å². The smallest absolute Gasteiger partial charge is 0.465 e. The Morgan fingerprint density at radius 1 is 0.924 bits per heavy atom. The molecule has 3 aromatic carbocycles. The highest BCUT2D eigenvalue weighted by Crippen LogP contribution is 2.48. The molecule has 3 N–H and O–H groups in total. The number of hydrogen-bond donors (Lipinski definition) is 3. The molecule has 0 radical (unpaired) electrons. The van der Waals surface area contributed by atoms with Gasteiger partial charge in [0, 0.05) is 54.7 Å². The van der Waals surface area contributed by atoms with E-state index in [1.54, 1.807) is 45.9 Å². The lowest BCUT2D eigenvalue weighted by Crippen LogP contribution is -2.50. The van der Waals surface area contributed by atoms with Gasteiger partial charge in [-0.1, -0.05) is 42.0 Å². The lowest BCUT2D eigenvalue weighted by atomic mass is 9.87. The number of aryl methyl sites for hydroxylation is 1. The fourth-order valence-corrected chi connectivity index (χ4v) is 10.7. The Labute approximate surface area is 375 Å². The van der Waals surface area contributed by atoms with Crippen molar-refractivity contribution in [1.82, 2.24) is 29.4 Å². The van der Waals surface area contributed by atoms with Crippen molar-refractivity contribution in [3.8, 4) is 0 Å². The lowest BCUT2D eigenvalue weighted by Gasteiger charge is -2.34. The molecule has 2 atom stereocenters. The molecule has 2 aromatic heterocycles. The first-order valence-corrected chi connectivity index (χ1v) is 22.1. The molecule has 16 nitrogen and oxygen atoms in total. The summed E-state index contributed by atoms with van der Waals surface area (Å²) < 4.78 is 86.3. The van der Waals surface area contributed by atoms with Gasteiger partial charge in [0.25, 0.3) is 33.7 Å². The molecule has 1 unspecified atom stereocenters. The lowest BCUT2D eigenvalue weighted by molar-refractivity contribution is -0.324. The van der Waals surface area contributed by atoms with Gasteiger partial charge in [-0.2, -0.15) is 0 Å². The predicted molar refractivity (Wildman–Crippen MR) is 228 cm³/mol. The molecule has 5 aromatic rings. The Kier molecular flexibility index (Phi) is 11.2. The SMILES string of the molecule is Cc1ccc(S(=O)(=O)n2c(CN3C(=O)c4cc(F)ccc4[C@]34CCN(CCOC(F)(F)F)C4=O)cc3nc(N(C(=O)O)C(C)(C)C)ccc32)cc1.O=C1NC2(CCNC2=O)c2ccccc21. The van der Waals surface area contributed by atoms with Crippen molar-refractivity contribution in [2.24, 2.45) is 0 Å². The number of rotatable bonds is 8. The van der Waals surface area contributed by atoms with Crippen molar-refractivity contribution in [2.75, 3.05) is 31.1 Å². The highest BCUT2D eigenvalue weighted by atomic mass is 32.2. The topological polar surface area (TPSA) is 201 Å². The minimum Gasteiger partial charge on any atom is -0.465 e. The highest BCUT2D eigenvalue weighted by Gasteiger charge is 2.59. The van der Waals surface area contributed by atoms with Gasteiger partial charge in [-0.25, -0.2) is 26.6 Å². The van der Waals surface area contributed by atoms with Crippen molar-refractivity contribution >= 4 is 56.6 Å². The maximum absolute atomic E-state index is 14.5. The van der Waals surface area contributed by atoms with E-state index in [4.69, 9.17) is 0 Å². The molecule has 0 bridgehead atoms. The maximum atomic E-state index is 14.5. The number of fused-ring (bicyclic) bond motifs is 5. The van der Waals surface area contributed by atoms with Gasteiger partial charge in [0.2, 0.25) is 0 Å². The molecule has 4 aliphatic heterocycles. The molecular formula is C45H43F4N7O9S. The summed E-state index contributed by atoms with van der Waals surface area (Å²) in [5.41, 5.74) is -1.29. The van der Waals surface area contributed by atoms with Crippen LogP contribution in [0, 0.1) is 12.7 Å². The van der Waals surface area contributed by atoms with Crippen LogP contribution in [-0.2, 0) is 42.0 Å². The fourth-order valence-electron chi connectivity index (χ4n) is 9.19. The summed E-state index contributed by atoms with van der Waals surface area (Å²) in [6.45, 7) is 5.42.